The Kier molecular flexibility index (Phi) is 4.14. The fourth-order valence-corrected chi connectivity index (χ4v) is 4.67. The molecule has 0 N–H and O–H groups in total. The molecule has 1 aromatic carbocycles. The summed E-state index contributed by atoms with van der Waals surface area (Å²) >= 11 is 0. The Morgan fingerprint density at radius 3 is 2.67 bits per heavy atom. The van der Waals surface area contributed by atoms with Gasteiger partial charge in [-0.1, -0.05) is 32.9 Å². The molecule has 2 fully saturated rings. The van der Waals surface area contributed by atoms with Crippen molar-refractivity contribution in [1.82, 2.24) is 4.90 Å². The van der Waals surface area contributed by atoms with Crippen molar-refractivity contribution in [2.75, 3.05) is 13.2 Å². The van der Waals surface area contributed by atoms with Crippen molar-refractivity contribution in [3.63, 3.8) is 0 Å². The molecule has 130 valence electrons. The number of halogens is 1. The van der Waals surface area contributed by atoms with Gasteiger partial charge in [-0.05, 0) is 42.2 Å². The highest BCUT2D eigenvalue weighted by atomic mass is 19.1. The molecule has 4 nitrogen and oxygen atoms in total. The standard InChI is InChI=1S/C19H24FNO3/c1-18(2)8-13-9-19(3,11-18)12-21(13)16(22)10-24-17(23)14-6-4-5-7-15(14)20/h4-7,13H,8-12H2,1-3H3/t13-,19+/m1/s1. The van der Waals surface area contributed by atoms with E-state index in [9.17, 15) is 14.0 Å². The molecule has 24 heavy (non-hydrogen) atoms. The second-order valence-corrected chi connectivity index (χ2v) is 8.29. The lowest BCUT2D eigenvalue weighted by atomic mass is 9.65. The molecule has 1 aliphatic carbocycles. The molecule has 0 radical (unpaired) electrons. The number of ether oxygens (including phenoxy) is 1. The lowest BCUT2D eigenvalue weighted by Crippen LogP contribution is -2.39. The molecule has 2 atom stereocenters. The van der Waals surface area contributed by atoms with Gasteiger partial charge in [0.05, 0.1) is 5.56 Å². The minimum atomic E-state index is -0.796. The van der Waals surface area contributed by atoms with E-state index in [1.807, 2.05) is 4.90 Å². The number of carbonyl (C=O) groups excluding carboxylic acids is 2. The van der Waals surface area contributed by atoms with E-state index in [0.717, 1.165) is 19.3 Å². The second-order valence-electron chi connectivity index (χ2n) is 8.29. The third-order valence-electron chi connectivity index (χ3n) is 5.16. The van der Waals surface area contributed by atoms with E-state index in [-0.39, 0.29) is 34.9 Å². The topological polar surface area (TPSA) is 46.6 Å². The van der Waals surface area contributed by atoms with Crippen LogP contribution in [-0.4, -0.2) is 36.0 Å². The zero-order valence-corrected chi connectivity index (χ0v) is 14.5. The maximum atomic E-state index is 13.6. The van der Waals surface area contributed by atoms with Crippen LogP contribution in [0.25, 0.3) is 0 Å². The van der Waals surface area contributed by atoms with Crippen molar-refractivity contribution in [3.8, 4) is 0 Å². The molecule has 1 saturated heterocycles. The van der Waals surface area contributed by atoms with Crippen LogP contribution in [0.3, 0.4) is 0 Å². The molecule has 2 bridgehead atoms. The van der Waals surface area contributed by atoms with Crippen LogP contribution < -0.4 is 0 Å². The monoisotopic (exact) mass is 333 g/mol. The number of benzene rings is 1. The zero-order valence-electron chi connectivity index (χ0n) is 14.5. The molecule has 3 rings (SSSR count). The first kappa shape index (κ1) is 16.9. The lowest BCUT2D eigenvalue weighted by molar-refractivity contribution is -0.135. The summed E-state index contributed by atoms with van der Waals surface area (Å²) in [6, 6.07) is 5.83. The van der Waals surface area contributed by atoms with E-state index in [0.29, 0.717) is 6.54 Å². The van der Waals surface area contributed by atoms with Crippen molar-refractivity contribution in [1.29, 1.82) is 0 Å². The molecule has 1 amide bonds. The fourth-order valence-electron chi connectivity index (χ4n) is 4.67. The van der Waals surface area contributed by atoms with Crippen molar-refractivity contribution in [2.45, 2.75) is 46.1 Å². The number of rotatable bonds is 3. The van der Waals surface area contributed by atoms with Crippen LogP contribution in [0.2, 0.25) is 0 Å². The molecule has 1 heterocycles. The summed E-state index contributed by atoms with van der Waals surface area (Å²) in [5, 5.41) is 0. The van der Waals surface area contributed by atoms with E-state index in [1.165, 1.54) is 18.2 Å². The van der Waals surface area contributed by atoms with Gasteiger partial charge in [0.1, 0.15) is 5.82 Å². The Balaban J connectivity index is 1.62. The highest BCUT2D eigenvalue weighted by molar-refractivity contribution is 5.91. The van der Waals surface area contributed by atoms with E-state index >= 15 is 0 Å². The van der Waals surface area contributed by atoms with Gasteiger partial charge in [0.25, 0.3) is 5.91 Å². The third kappa shape index (κ3) is 3.30. The Bertz CT molecular complexity index is 672. The minimum absolute atomic E-state index is 0.137. The minimum Gasteiger partial charge on any atom is -0.452 e. The fraction of sp³-hybridized carbons (Fsp3) is 0.579. The molecular formula is C19H24FNO3. The summed E-state index contributed by atoms with van der Waals surface area (Å²) in [6.45, 7) is 7.07. The molecule has 2 aliphatic rings. The van der Waals surface area contributed by atoms with Gasteiger partial charge in [0.15, 0.2) is 6.61 Å². The van der Waals surface area contributed by atoms with Crippen LogP contribution in [0, 0.1) is 16.6 Å². The predicted molar refractivity (Wildman–Crippen MR) is 87.9 cm³/mol. The number of likely N-dealkylation sites (tertiary alicyclic amines) is 1. The maximum Gasteiger partial charge on any atom is 0.341 e. The van der Waals surface area contributed by atoms with Crippen molar-refractivity contribution >= 4 is 11.9 Å². The lowest BCUT2D eigenvalue weighted by Gasteiger charge is -2.39. The summed E-state index contributed by atoms with van der Waals surface area (Å²) in [4.78, 5) is 26.3. The molecule has 0 aromatic heterocycles. The summed E-state index contributed by atoms with van der Waals surface area (Å²) in [6.07, 6.45) is 3.06. The van der Waals surface area contributed by atoms with Gasteiger partial charge in [-0.3, -0.25) is 4.79 Å². The van der Waals surface area contributed by atoms with E-state index < -0.39 is 11.8 Å². The van der Waals surface area contributed by atoms with Crippen molar-refractivity contribution in [2.24, 2.45) is 10.8 Å². The smallest absolute Gasteiger partial charge is 0.341 e. The average molecular weight is 333 g/mol. The molecule has 1 saturated carbocycles. The Morgan fingerprint density at radius 1 is 1.25 bits per heavy atom. The highest BCUT2D eigenvalue weighted by Gasteiger charge is 2.50. The number of hydrogen-bond acceptors (Lipinski definition) is 3. The molecule has 1 aromatic rings. The van der Waals surface area contributed by atoms with E-state index in [1.54, 1.807) is 6.07 Å². The second kappa shape index (κ2) is 5.87. The van der Waals surface area contributed by atoms with Crippen LogP contribution >= 0.6 is 0 Å². The zero-order chi connectivity index (χ0) is 17.5. The van der Waals surface area contributed by atoms with Crippen LogP contribution in [0.5, 0.6) is 0 Å². The summed E-state index contributed by atoms with van der Waals surface area (Å²) in [5.41, 5.74) is 0.215. The number of fused-ring (bicyclic) bond motifs is 2. The summed E-state index contributed by atoms with van der Waals surface area (Å²) in [7, 11) is 0. The van der Waals surface area contributed by atoms with E-state index in [2.05, 4.69) is 20.8 Å². The Hall–Kier alpha value is -1.91. The molecular weight excluding hydrogens is 309 g/mol. The Labute approximate surface area is 142 Å². The van der Waals surface area contributed by atoms with Crippen LogP contribution in [0.4, 0.5) is 4.39 Å². The SMILES string of the molecule is CC1(C)C[C@@H]2C[C@](C)(CN2C(=O)COC(=O)c2ccccc2F)C1. The number of hydrogen-bond donors (Lipinski definition) is 0. The first-order valence-electron chi connectivity index (χ1n) is 8.40. The van der Waals surface area contributed by atoms with Gasteiger partial charge in [-0.2, -0.15) is 0 Å². The quantitative estimate of drug-likeness (QED) is 0.797. The molecule has 0 spiro atoms. The summed E-state index contributed by atoms with van der Waals surface area (Å²) < 4.78 is 18.6. The van der Waals surface area contributed by atoms with Gasteiger partial charge in [0.2, 0.25) is 0 Å². The maximum absolute atomic E-state index is 13.6. The van der Waals surface area contributed by atoms with Crippen molar-refractivity contribution < 1.29 is 18.7 Å². The van der Waals surface area contributed by atoms with Gasteiger partial charge < -0.3 is 9.64 Å². The number of nitrogens with zero attached hydrogens (tertiary/aromatic N) is 1. The van der Waals surface area contributed by atoms with Crippen LogP contribution in [-0.2, 0) is 9.53 Å². The first-order chi connectivity index (χ1) is 11.2. The van der Waals surface area contributed by atoms with Crippen molar-refractivity contribution in [3.05, 3.63) is 35.6 Å². The van der Waals surface area contributed by atoms with Gasteiger partial charge in [-0.25, -0.2) is 9.18 Å². The van der Waals surface area contributed by atoms with Gasteiger partial charge in [-0.15, -0.1) is 0 Å². The van der Waals surface area contributed by atoms with Crippen LogP contribution in [0.1, 0.15) is 50.4 Å². The van der Waals surface area contributed by atoms with Gasteiger partial charge in [0, 0.05) is 12.6 Å². The highest BCUT2D eigenvalue weighted by Crippen LogP contribution is 2.52. The summed E-state index contributed by atoms with van der Waals surface area (Å²) in [5.74, 6) is -1.62. The van der Waals surface area contributed by atoms with E-state index in [4.69, 9.17) is 4.74 Å². The number of amides is 1. The number of carbonyl (C=O) groups is 2. The normalized spacial score (nSPS) is 27.8. The third-order valence-corrected chi connectivity index (χ3v) is 5.16. The Morgan fingerprint density at radius 2 is 1.96 bits per heavy atom. The molecule has 0 unspecified atom stereocenters. The average Bonchev–Trinajstić information content (AvgIpc) is 2.74. The largest absolute Gasteiger partial charge is 0.452 e. The predicted octanol–water partition coefficient (Wildman–Crippen LogP) is 3.41. The first-order valence-corrected chi connectivity index (χ1v) is 8.40. The van der Waals surface area contributed by atoms with Gasteiger partial charge >= 0.3 is 5.97 Å². The molecule has 5 heteroatoms. The molecule has 1 aliphatic heterocycles. The number of esters is 1. The van der Waals surface area contributed by atoms with Crippen LogP contribution in [0.15, 0.2) is 24.3 Å².